The average Bonchev–Trinajstić information content (AvgIpc) is 2.89. The number of ketones is 1. The number of rotatable bonds is 2. The fourth-order valence-electron chi connectivity index (χ4n) is 2.26. The zero-order valence-corrected chi connectivity index (χ0v) is 13.6. The van der Waals surface area contributed by atoms with Gasteiger partial charge in [0, 0.05) is 33.9 Å². The maximum atomic E-state index is 11.3. The van der Waals surface area contributed by atoms with Crippen LogP contribution in [0.25, 0.3) is 11.5 Å². The van der Waals surface area contributed by atoms with E-state index in [1.165, 1.54) is 0 Å². The minimum Gasteiger partial charge on any atom is -0.339 e. The van der Waals surface area contributed by atoms with E-state index in [-0.39, 0.29) is 5.92 Å². The molecule has 3 rings (SSSR count). The Balaban J connectivity index is 1.84. The molecule has 0 spiro atoms. The molecule has 1 aliphatic carbocycles. The third-order valence-electron chi connectivity index (χ3n) is 3.35. The molecule has 0 unspecified atom stereocenters. The highest BCUT2D eigenvalue weighted by molar-refractivity contribution is 9.11. The molecule has 2 aromatic heterocycles. The second-order valence-corrected chi connectivity index (χ2v) is 6.52. The van der Waals surface area contributed by atoms with Crippen molar-refractivity contribution in [1.29, 1.82) is 0 Å². The molecular weight excluding hydrogens is 390 g/mol. The van der Waals surface area contributed by atoms with E-state index in [1.54, 1.807) is 6.20 Å². The number of pyridine rings is 1. The standard InChI is InChI=1S/C13H11Br2N3O2/c14-8-5-10(15)11(16-6-8)12-17-13(20-18-12)7-1-3-9(19)4-2-7/h5-7H,1-4H2. The van der Waals surface area contributed by atoms with E-state index in [9.17, 15) is 4.79 Å². The lowest BCUT2D eigenvalue weighted by molar-refractivity contribution is -0.120. The molecule has 0 aromatic carbocycles. The predicted molar refractivity (Wildman–Crippen MR) is 79.1 cm³/mol. The number of carbonyl (C=O) groups is 1. The first-order valence-corrected chi connectivity index (χ1v) is 7.89. The summed E-state index contributed by atoms with van der Waals surface area (Å²) < 4.78 is 7.02. The largest absolute Gasteiger partial charge is 0.339 e. The number of Topliss-reactive ketones (excluding diaryl/α,β-unsaturated/α-hetero) is 1. The van der Waals surface area contributed by atoms with Crippen LogP contribution >= 0.6 is 31.9 Å². The van der Waals surface area contributed by atoms with E-state index in [1.807, 2.05) is 6.07 Å². The Morgan fingerprint density at radius 1 is 1.25 bits per heavy atom. The topological polar surface area (TPSA) is 68.9 Å². The van der Waals surface area contributed by atoms with Crippen molar-refractivity contribution < 1.29 is 9.32 Å². The Morgan fingerprint density at radius 3 is 2.70 bits per heavy atom. The summed E-state index contributed by atoms with van der Waals surface area (Å²) in [5, 5.41) is 3.99. The highest BCUT2D eigenvalue weighted by atomic mass is 79.9. The number of halogens is 2. The summed E-state index contributed by atoms with van der Waals surface area (Å²) in [5.41, 5.74) is 0.648. The summed E-state index contributed by atoms with van der Waals surface area (Å²) >= 11 is 6.79. The molecule has 2 aromatic rings. The van der Waals surface area contributed by atoms with Crippen LogP contribution in [0, 0.1) is 0 Å². The molecule has 0 saturated heterocycles. The van der Waals surface area contributed by atoms with Crippen LogP contribution < -0.4 is 0 Å². The van der Waals surface area contributed by atoms with Crippen molar-refractivity contribution >= 4 is 37.6 Å². The minimum absolute atomic E-state index is 0.183. The first-order chi connectivity index (χ1) is 9.63. The van der Waals surface area contributed by atoms with Crippen LogP contribution in [0.4, 0.5) is 0 Å². The second kappa shape index (κ2) is 5.73. The Morgan fingerprint density at radius 2 is 2.00 bits per heavy atom. The molecule has 104 valence electrons. The maximum absolute atomic E-state index is 11.3. The van der Waals surface area contributed by atoms with Crippen LogP contribution in [-0.2, 0) is 4.79 Å². The first-order valence-electron chi connectivity index (χ1n) is 6.30. The van der Waals surface area contributed by atoms with Gasteiger partial charge in [0.2, 0.25) is 11.7 Å². The third-order valence-corrected chi connectivity index (χ3v) is 4.39. The zero-order valence-electron chi connectivity index (χ0n) is 10.5. The molecule has 0 aliphatic heterocycles. The molecule has 0 radical (unpaired) electrons. The number of aromatic nitrogens is 3. The van der Waals surface area contributed by atoms with Crippen LogP contribution in [0.3, 0.4) is 0 Å². The summed E-state index contributed by atoms with van der Waals surface area (Å²) in [6, 6.07) is 1.89. The summed E-state index contributed by atoms with van der Waals surface area (Å²) in [7, 11) is 0. The third kappa shape index (κ3) is 2.83. The molecule has 5 nitrogen and oxygen atoms in total. The van der Waals surface area contributed by atoms with Gasteiger partial charge in [0.05, 0.1) is 0 Å². The van der Waals surface area contributed by atoms with Gasteiger partial charge in [0.1, 0.15) is 11.5 Å². The van der Waals surface area contributed by atoms with Crippen molar-refractivity contribution in [1.82, 2.24) is 15.1 Å². The highest BCUT2D eigenvalue weighted by Gasteiger charge is 2.25. The van der Waals surface area contributed by atoms with Gasteiger partial charge >= 0.3 is 0 Å². The van der Waals surface area contributed by atoms with E-state index < -0.39 is 0 Å². The van der Waals surface area contributed by atoms with Crippen LogP contribution in [0.15, 0.2) is 25.7 Å². The van der Waals surface area contributed by atoms with Crippen molar-refractivity contribution in [3.63, 3.8) is 0 Å². The Kier molecular flexibility index (Phi) is 3.98. The summed E-state index contributed by atoms with van der Waals surface area (Å²) in [5.74, 6) is 1.57. The molecule has 1 aliphatic rings. The van der Waals surface area contributed by atoms with Gasteiger partial charge in [-0.2, -0.15) is 4.98 Å². The van der Waals surface area contributed by atoms with Crippen molar-refractivity contribution in [2.75, 3.05) is 0 Å². The van der Waals surface area contributed by atoms with Crippen LogP contribution in [0.5, 0.6) is 0 Å². The fraction of sp³-hybridized carbons (Fsp3) is 0.385. The molecule has 0 amide bonds. The van der Waals surface area contributed by atoms with Crippen molar-refractivity contribution in [3.8, 4) is 11.5 Å². The monoisotopic (exact) mass is 399 g/mol. The van der Waals surface area contributed by atoms with Crippen LogP contribution in [0.1, 0.15) is 37.5 Å². The van der Waals surface area contributed by atoms with E-state index in [4.69, 9.17) is 4.52 Å². The Labute approximate surface area is 132 Å². The normalized spacial score (nSPS) is 16.6. The molecular formula is C13H11Br2N3O2. The lowest BCUT2D eigenvalue weighted by atomic mass is 9.88. The van der Waals surface area contributed by atoms with Crippen molar-refractivity contribution in [2.45, 2.75) is 31.6 Å². The van der Waals surface area contributed by atoms with Crippen LogP contribution in [-0.4, -0.2) is 20.9 Å². The minimum atomic E-state index is 0.183. The van der Waals surface area contributed by atoms with Gasteiger partial charge in [0.25, 0.3) is 0 Å². The summed E-state index contributed by atoms with van der Waals surface area (Å²) in [6.07, 6.45) is 4.46. The van der Waals surface area contributed by atoms with E-state index in [0.717, 1.165) is 21.8 Å². The molecule has 7 heteroatoms. The van der Waals surface area contributed by atoms with Gasteiger partial charge in [-0.05, 0) is 50.8 Å². The maximum Gasteiger partial charge on any atom is 0.230 e. The van der Waals surface area contributed by atoms with Gasteiger partial charge in [-0.1, -0.05) is 5.16 Å². The molecule has 1 fully saturated rings. The molecule has 20 heavy (non-hydrogen) atoms. The van der Waals surface area contributed by atoms with E-state index in [2.05, 4.69) is 47.0 Å². The Hall–Kier alpha value is -1.08. The summed E-state index contributed by atoms with van der Waals surface area (Å²) in [6.45, 7) is 0. The lowest BCUT2D eigenvalue weighted by Crippen LogP contribution is -2.12. The highest BCUT2D eigenvalue weighted by Crippen LogP contribution is 2.32. The van der Waals surface area contributed by atoms with Gasteiger partial charge in [0.15, 0.2) is 0 Å². The SMILES string of the molecule is O=C1CCC(c2nc(-c3ncc(Br)cc3Br)no2)CC1. The Bertz CT molecular complexity index is 647. The number of carbonyl (C=O) groups excluding carboxylic acids is 1. The number of hydrogen-bond acceptors (Lipinski definition) is 5. The lowest BCUT2D eigenvalue weighted by Gasteiger charge is -2.16. The zero-order chi connectivity index (χ0) is 14.1. The molecule has 0 bridgehead atoms. The van der Waals surface area contributed by atoms with Crippen molar-refractivity contribution in [3.05, 3.63) is 27.1 Å². The number of nitrogens with zero attached hydrogens (tertiary/aromatic N) is 3. The van der Waals surface area contributed by atoms with Gasteiger partial charge in [-0.15, -0.1) is 0 Å². The van der Waals surface area contributed by atoms with Crippen LogP contribution in [0.2, 0.25) is 0 Å². The molecule has 0 N–H and O–H groups in total. The number of hydrogen-bond donors (Lipinski definition) is 0. The quantitative estimate of drug-likeness (QED) is 0.764. The van der Waals surface area contributed by atoms with Crippen molar-refractivity contribution in [2.24, 2.45) is 0 Å². The molecule has 2 heterocycles. The summed E-state index contributed by atoms with van der Waals surface area (Å²) in [4.78, 5) is 20.0. The molecule has 0 atom stereocenters. The van der Waals surface area contributed by atoms with Gasteiger partial charge in [-0.3, -0.25) is 9.78 Å². The van der Waals surface area contributed by atoms with Gasteiger partial charge < -0.3 is 4.52 Å². The van der Waals surface area contributed by atoms with E-state index in [0.29, 0.717) is 36.0 Å². The van der Waals surface area contributed by atoms with Gasteiger partial charge in [-0.25, -0.2) is 0 Å². The second-order valence-electron chi connectivity index (χ2n) is 4.75. The molecule has 1 saturated carbocycles. The predicted octanol–water partition coefficient (Wildman–Crippen LogP) is 3.88. The first kappa shape index (κ1) is 13.9. The average molecular weight is 401 g/mol. The van der Waals surface area contributed by atoms with E-state index >= 15 is 0 Å². The fourth-order valence-corrected chi connectivity index (χ4v) is 3.43. The smallest absolute Gasteiger partial charge is 0.230 e.